The summed E-state index contributed by atoms with van der Waals surface area (Å²) in [7, 11) is 0. The molecule has 3 nitrogen and oxygen atoms in total. The van der Waals surface area contributed by atoms with Crippen LogP contribution in [0.2, 0.25) is 0 Å². The summed E-state index contributed by atoms with van der Waals surface area (Å²) in [5, 5.41) is 0. The van der Waals surface area contributed by atoms with E-state index in [0.29, 0.717) is 0 Å². The Morgan fingerprint density at radius 2 is 1.80 bits per heavy atom. The van der Waals surface area contributed by atoms with Crippen LogP contribution >= 0.6 is 0 Å². The number of carbonyl (C=O) groups excluding carboxylic acids is 1. The molecule has 0 N–H and O–H groups in total. The van der Waals surface area contributed by atoms with Crippen molar-refractivity contribution >= 4 is 5.91 Å². The average molecular weight is 275 g/mol. The normalized spacial score (nSPS) is 16.9. The van der Waals surface area contributed by atoms with Crippen molar-refractivity contribution in [3.63, 3.8) is 0 Å². The van der Waals surface area contributed by atoms with Gasteiger partial charge in [0.2, 0.25) is 0 Å². The molecule has 2 rings (SSSR count). The highest BCUT2D eigenvalue weighted by atomic mass is 16.5. The van der Waals surface area contributed by atoms with E-state index in [9.17, 15) is 4.79 Å². The van der Waals surface area contributed by atoms with Crippen LogP contribution < -0.4 is 4.74 Å². The van der Waals surface area contributed by atoms with Crippen molar-refractivity contribution in [2.24, 2.45) is 0 Å². The number of amides is 1. The Morgan fingerprint density at radius 3 is 2.45 bits per heavy atom. The lowest BCUT2D eigenvalue weighted by Crippen LogP contribution is -2.43. The first-order valence-electron chi connectivity index (χ1n) is 7.52. The molecule has 20 heavy (non-hydrogen) atoms. The molecular weight excluding hydrogens is 250 g/mol. The fourth-order valence-electron chi connectivity index (χ4n) is 2.74. The van der Waals surface area contributed by atoms with Crippen LogP contribution in [0.25, 0.3) is 0 Å². The van der Waals surface area contributed by atoms with E-state index < -0.39 is 6.10 Å². The fourth-order valence-corrected chi connectivity index (χ4v) is 2.74. The molecule has 1 aliphatic rings. The zero-order chi connectivity index (χ0) is 14.7. The molecule has 1 heterocycles. The van der Waals surface area contributed by atoms with Crippen LogP contribution in [0.3, 0.4) is 0 Å². The molecule has 0 unspecified atom stereocenters. The average Bonchev–Trinajstić information content (AvgIpc) is 2.44. The number of hydrogen-bond donors (Lipinski definition) is 0. The molecule has 0 saturated carbocycles. The van der Waals surface area contributed by atoms with E-state index in [0.717, 1.165) is 37.2 Å². The Morgan fingerprint density at radius 1 is 1.15 bits per heavy atom. The minimum absolute atomic E-state index is 0.114. The smallest absolute Gasteiger partial charge is 0.263 e. The van der Waals surface area contributed by atoms with Gasteiger partial charge in [-0.2, -0.15) is 0 Å². The van der Waals surface area contributed by atoms with E-state index in [2.05, 4.69) is 19.9 Å². The van der Waals surface area contributed by atoms with Crippen LogP contribution in [-0.2, 0) is 4.79 Å². The molecule has 1 fully saturated rings. The maximum atomic E-state index is 12.4. The van der Waals surface area contributed by atoms with Gasteiger partial charge in [-0.25, -0.2) is 0 Å². The van der Waals surface area contributed by atoms with Crippen LogP contribution in [0, 0.1) is 20.8 Å². The maximum absolute atomic E-state index is 12.4. The second-order valence-electron chi connectivity index (χ2n) is 5.85. The number of carbonyl (C=O) groups is 1. The molecule has 1 saturated heterocycles. The van der Waals surface area contributed by atoms with E-state index in [1.807, 2.05) is 24.8 Å². The summed E-state index contributed by atoms with van der Waals surface area (Å²) in [6, 6.07) is 4.15. The van der Waals surface area contributed by atoms with Gasteiger partial charge in [0, 0.05) is 13.1 Å². The van der Waals surface area contributed by atoms with Gasteiger partial charge in [-0.05, 0) is 69.7 Å². The topological polar surface area (TPSA) is 29.5 Å². The quantitative estimate of drug-likeness (QED) is 0.846. The number of piperidine rings is 1. The van der Waals surface area contributed by atoms with E-state index in [1.54, 1.807) is 0 Å². The highest BCUT2D eigenvalue weighted by molar-refractivity contribution is 5.81. The number of ether oxygens (including phenoxy) is 1. The number of benzene rings is 1. The molecule has 110 valence electrons. The minimum atomic E-state index is -0.409. The summed E-state index contributed by atoms with van der Waals surface area (Å²) in [5.74, 6) is 0.948. The number of nitrogens with zero attached hydrogens (tertiary/aromatic N) is 1. The third-order valence-electron chi connectivity index (χ3n) is 4.08. The molecule has 0 spiro atoms. The van der Waals surface area contributed by atoms with Crippen molar-refractivity contribution in [2.45, 2.75) is 53.1 Å². The molecule has 1 aromatic rings. The summed E-state index contributed by atoms with van der Waals surface area (Å²) >= 11 is 0. The predicted molar refractivity (Wildman–Crippen MR) is 81.2 cm³/mol. The van der Waals surface area contributed by atoms with Gasteiger partial charge < -0.3 is 9.64 Å². The summed E-state index contributed by atoms with van der Waals surface area (Å²) in [4.78, 5) is 14.3. The second kappa shape index (κ2) is 6.29. The second-order valence-corrected chi connectivity index (χ2v) is 5.85. The number of hydrogen-bond acceptors (Lipinski definition) is 2. The molecule has 1 amide bonds. The molecule has 1 aliphatic heterocycles. The van der Waals surface area contributed by atoms with Crippen LogP contribution in [0.4, 0.5) is 0 Å². The van der Waals surface area contributed by atoms with E-state index >= 15 is 0 Å². The third-order valence-corrected chi connectivity index (χ3v) is 4.08. The van der Waals surface area contributed by atoms with Gasteiger partial charge in [0.25, 0.3) is 5.91 Å². The Balaban J connectivity index is 2.07. The standard InChI is InChI=1S/C17H25NO2/c1-12-10-13(2)14(3)16(11-12)20-15(4)17(19)18-8-6-5-7-9-18/h10-11,15H,5-9H2,1-4H3/t15-/m0/s1. The number of rotatable bonds is 3. The van der Waals surface area contributed by atoms with Gasteiger partial charge in [-0.1, -0.05) is 6.07 Å². The van der Waals surface area contributed by atoms with Crippen molar-refractivity contribution in [3.05, 3.63) is 28.8 Å². The monoisotopic (exact) mass is 275 g/mol. The van der Waals surface area contributed by atoms with Crippen LogP contribution in [0.5, 0.6) is 5.75 Å². The molecule has 0 radical (unpaired) electrons. The van der Waals surface area contributed by atoms with Crippen molar-refractivity contribution in [1.82, 2.24) is 4.90 Å². The Labute approximate surface area is 121 Å². The number of aryl methyl sites for hydroxylation is 2. The van der Waals surface area contributed by atoms with Gasteiger partial charge in [0.1, 0.15) is 5.75 Å². The largest absolute Gasteiger partial charge is 0.481 e. The first-order chi connectivity index (χ1) is 9.49. The van der Waals surface area contributed by atoms with E-state index in [4.69, 9.17) is 4.74 Å². The van der Waals surface area contributed by atoms with Gasteiger partial charge in [-0.3, -0.25) is 4.79 Å². The molecule has 0 aliphatic carbocycles. The first-order valence-corrected chi connectivity index (χ1v) is 7.52. The van der Waals surface area contributed by atoms with Crippen LogP contribution in [-0.4, -0.2) is 30.0 Å². The Hall–Kier alpha value is -1.51. The summed E-state index contributed by atoms with van der Waals surface area (Å²) in [6.45, 7) is 9.77. The fraction of sp³-hybridized carbons (Fsp3) is 0.588. The molecule has 1 atom stereocenters. The van der Waals surface area contributed by atoms with Crippen LogP contribution in [0.1, 0.15) is 42.9 Å². The lowest BCUT2D eigenvalue weighted by molar-refractivity contribution is -0.138. The van der Waals surface area contributed by atoms with E-state index in [-0.39, 0.29) is 5.91 Å². The van der Waals surface area contributed by atoms with Crippen molar-refractivity contribution in [1.29, 1.82) is 0 Å². The molecule has 3 heteroatoms. The summed E-state index contributed by atoms with van der Waals surface area (Å²) in [5.41, 5.74) is 3.49. The van der Waals surface area contributed by atoms with Gasteiger partial charge in [0.05, 0.1) is 0 Å². The highest BCUT2D eigenvalue weighted by Crippen LogP contribution is 2.25. The summed E-state index contributed by atoms with van der Waals surface area (Å²) in [6.07, 6.45) is 3.05. The molecule has 1 aromatic carbocycles. The summed E-state index contributed by atoms with van der Waals surface area (Å²) < 4.78 is 5.93. The predicted octanol–water partition coefficient (Wildman–Crippen LogP) is 3.39. The van der Waals surface area contributed by atoms with E-state index in [1.165, 1.54) is 17.5 Å². The Kier molecular flexibility index (Phi) is 4.69. The highest BCUT2D eigenvalue weighted by Gasteiger charge is 2.24. The zero-order valence-corrected chi connectivity index (χ0v) is 13.0. The lowest BCUT2D eigenvalue weighted by Gasteiger charge is -2.29. The van der Waals surface area contributed by atoms with Crippen molar-refractivity contribution < 1.29 is 9.53 Å². The van der Waals surface area contributed by atoms with Crippen LogP contribution in [0.15, 0.2) is 12.1 Å². The zero-order valence-electron chi connectivity index (χ0n) is 13.0. The van der Waals surface area contributed by atoms with Crippen molar-refractivity contribution in [3.8, 4) is 5.75 Å². The van der Waals surface area contributed by atoms with Gasteiger partial charge in [-0.15, -0.1) is 0 Å². The third kappa shape index (κ3) is 3.33. The lowest BCUT2D eigenvalue weighted by atomic mass is 10.1. The molecule has 0 bridgehead atoms. The van der Waals surface area contributed by atoms with Gasteiger partial charge in [0.15, 0.2) is 6.10 Å². The van der Waals surface area contributed by atoms with Crippen molar-refractivity contribution in [2.75, 3.05) is 13.1 Å². The first kappa shape index (κ1) is 14.9. The minimum Gasteiger partial charge on any atom is -0.481 e. The Bertz CT molecular complexity index is 490. The number of likely N-dealkylation sites (tertiary alicyclic amines) is 1. The molecule has 0 aromatic heterocycles. The maximum Gasteiger partial charge on any atom is 0.263 e. The SMILES string of the molecule is Cc1cc(C)c(C)c(O[C@@H](C)C(=O)N2CCCCC2)c1. The molecular formula is C17H25NO2. The van der Waals surface area contributed by atoms with Gasteiger partial charge >= 0.3 is 0 Å².